The molecule has 9 rings (SSSR count). The van der Waals surface area contributed by atoms with Crippen LogP contribution >= 0.6 is 0 Å². The SMILES string of the molecule is C.CCCCN(CCCC)c1ccc(C=Cc2ccc(CO[Si](c3ccccc3)(c3ccccc3)C(C)(C)C)cc2)c(OC)c1.CCCCN(CCCC)c1ccc(C=O)c(OC)c1.CCc1ccc(CO[Si](c2ccccc2)(c2ccccc2)C(C)(C)C)cc1.[Br-].[Li+].[c-]1ccccc1. The number of nitrogens with zero attached hydrogens (tertiary/aromatic N) is 2. The second-order valence-electron chi connectivity index (χ2n) is 26.6. The number of hydrogen-bond donors (Lipinski definition) is 0. The smallest absolute Gasteiger partial charge is 1.00 e. The van der Waals surface area contributed by atoms with E-state index in [2.05, 4.69) is 292 Å². The predicted octanol–water partition coefficient (Wildman–Crippen LogP) is 14.7. The first-order chi connectivity index (χ1) is 46.5. The summed E-state index contributed by atoms with van der Waals surface area (Å²) in [7, 11) is -1.66. The maximum absolute atomic E-state index is 10.9. The van der Waals surface area contributed by atoms with Gasteiger partial charge in [0.1, 0.15) is 11.5 Å². The first kappa shape index (κ1) is 86.2. The molecule has 0 saturated heterocycles. The van der Waals surface area contributed by atoms with Gasteiger partial charge in [-0.1, -0.05) is 291 Å². The van der Waals surface area contributed by atoms with Crippen LogP contribution in [0.4, 0.5) is 11.4 Å². The third kappa shape index (κ3) is 25.6. The molecule has 0 aliphatic carbocycles. The molecule has 0 aromatic heterocycles. The Morgan fingerprint density at radius 3 is 1.03 bits per heavy atom. The zero-order valence-corrected chi connectivity index (χ0v) is 65.3. The van der Waals surface area contributed by atoms with Crippen molar-refractivity contribution in [1.29, 1.82) is 0 Å². The molecule has 0 unspecified atom stereocenters. The number of halogens is 1. The number of unbranched alkanes of at least 4 members (excludes halogenated alkanes) is 4. The number of hydrogen-bond acceptors (Lipinski definition) is 7. The second kappa shape index (κ2) is 45.7. The van der Waals surface area contributed by atoms with Crippen molar-refractivity contribution in [2.24, 2.45) is 0 Å². The van der Waals surface area contributed by atoms with E-state index in [1.165, 1.54) is 94.5 Å². The second-order valence-corrected chi connectivity index (χ2v) is 35.2. The maximum atomic E-state index is 10.9. The molecule has 0 heterocycles. The van der Waals surface area contributed by atoms with Crippen LogP contribution in [0.2, 0.25) is 10.1 Å². The average molecular weight is 1420 g/mol. The standard InChI is InChI=1S/C40H51NO2Si.C25H30OSi.C16H25NO2.C6H5.CH4.BrH.Li/c1-7-9-29-41(30-10-8-2)36-28-27-35(39(31-36)42-6)26-25-33-21-23-34(24-22-33)32-43-44(40(3,4)5,37-17-13-11-14-18-37)38-19-15-12-16-20-38;1-5-21-16-18-22(19-17-21)20-26-27(25(2,3)4,23-12-8-6-9-13-23)24-14-10-7-11-15-24;1-4-6-10-17(11-7-5-2)15-9-8-14(13-18)16(12-15)19-3;1-2-4-6-5-3-1;;;/h11-28,31H,7-10,29-30,32H2,1-6H3;6-19H,5,20H2,1-4H3;8-9,12-13H,4-7,10-11H2,1-3H3;1-5H;1H4;1H;/q;;;-1;;;+1/p-1. The first-order valence-corrected chi connectivity index (χ1v) is 38.9. The van der Waals surface area contributed by atoms with Gasteiger partial charge in [0.2, 0.25) is 0 Å². The fourth-order valence-corrected chi connectivity index (χ4v) is 21.3. The van der Waals surface area contributed by atoms with Crippen molar-refractivity contribution in [3.8, 4) is 11.5 Å². The molecule has 0 N–H and O–H groups in total. The number of aryl methyl sites for hydroxylation is 1. The van der Waals surface area contributed by atoms with Crippen molar-refractivity contribution in [3.63, 3.8) is 0 Å². The summed E-state index contributed by atoms with van der Waals surface area (Å²) in [4.78, 5) is 15.8. The van der Waals surface area contributed by atoms with E-state index < -0.39 is 16.6 Å². The van der Waals surface area contributed by atoms with E-state index in [0.717, 1.165) is 61.4 Å². The molecule has 0 spiro atoms. The van der Waals surface area contributed by atoms with E-state index in [0.29, 0.717) is 24.5 Å². The number of carbonyl (C=O) groups excluding carboxylic acids is 1. The van der Waals surface area contributed by atoms with Crippen molar-refractivity contribution in [2.45, 2.75) is 165 Å². The largest absolute Gasteiger partial charge is 1.00 e. The minimum Gasteiger partial charge on any atom is -1.00 e. The zero-order chi connectivity index (χ0) is 69.1. The van der Waals surface area contributed by atoms with Gasteiger partial charge in [0.15, 0.2) is 6.29 Å². The van der Waals surface area contributed by atoms with Crippen molar-refractivity contribution in [1.82, 2.24) is 0 Å². The fraction of sp³-hybridized carbons (Fsp3) is 0.352. The van der Waals surface area contributed by atoms with Gasteiger partial charge >= 0.3 is 18.9 Å². The molecule has 0 aliphatic heterocycles. The Morgan fingerprint density at radius 1 is 0.414 bits per heavy atom. The van der Waals surface area contributed by atoms with Crippen molar-refractivity contribution in [3.05, 3.63) is 276 Å². The number of anilines is 2. The van der Waals surface area contributed by atoms with Gasteiger partial charge in [0.05, 0.1) is 33.0 Å². The van der Waals surface area contributed by atoms with Gasteiger partial charge in [-0.3, -0.25) is 4.79 Å². The molecule has 11 heteroatoms. The molecule has 0 radical (unpaired) electrons. The molecule has 0 amide bonds. The number of ether oxygens (including phenoxy) is 2. The molecule has 9 aromatic carbocycles. The Labute approximate surface area is 624 Å². The van der Waals surface area contributed by atoms with Crippen LogP contribution in [0.3, 0.4) is 0 Å². The summed E-state index contributed by atoms with van der Waals surface area (Å²) in [5, 5.41) is 5.23. The molecule has 0 atom stereocenters. The summed E-state index contributed by atoms with van der Waals surface area (Å²) in [5.74, 6) is 1.57. The normalized spacial score (nSPS) is 11.1. The van der Waals surface area contributed by atoms with Gasteiger partial charge < -0.3 is 45.1 Å². The van der Waals surface area contributed by atoms with E-state index in [1.54, 1.807) is 14.2 Å². The summed E-state index contributed by atoms with van der Waals surface area (Å²) in [6.45, 7) is 30.5. The molecule has 7 nitrogen and oxygen atoms in total. The summed E-state index contributed by atoms with van der Waals surface area (Å²) in [5.41, 5.74) is 9.01. The Hall–Kier alpha value is -6.98. The van der Waals surface area contributed by atoms with E-state index in [-0.39, 0.29) is 53.3 Å². The van der Waals surface area contributed by atoms with E-state index >= 15 is 0 Å². The summed E-state index contributed by atoms with van der Waals surface area (Å²) in [6.07, 6.45) is 15.8. The molecule has 99 heavy (non-hydrogen) atoms. The van der Waals surface area contributed by atoms with Crippen LogP contribution in [-0.2, 0) is 28.5 Å². The predicted molar refractivity (Wildman–Crippen MR) is 423 cm³/mol. The monoisotopic (exact) mass is 1420 g/mol. The third-order valence-corrected chi connectivity index (χ3v) is 27.6. The Balaban J connectivity index is 0.000000394. The van der Waals surface area contributed by atoms with Gasteiger partial charge in [-0.05, 0) is 109 Å². The quantitative estimate of drug-likeness (QED) is 0.0192. The van der Waals surface area contributed by atoms with Gasteiger partial charge in [-0.15, -0.1) is 0 Å². The van der Waals surface area contributed by atoms with Crippen LogP contribution in [-0.4, -0.2) is 63.3 Å². The van der Waals surface area contributed by atoms with E-state index in [4.69, 9.17) is 18.3 Å². The number of aldehydes is 1. The van der Waals surface area contributed by atoms with Crippen LogP contribution in [0.15, 0.2) is 237 Å². The van der Waals surface area contributed by atoms with Crippen LogP contribution in [0, 0.1) is 6.07 Å². The minimum atomic E-state index is -2.58. The zero-order valence-electron chi connectivity index (χ0n) is 61.7. The van der Waals surface area contributed by atoms with Gasteiger partial charge in [-0.25, -0.2) is 0 Å². The Kier molecular flexibility index (Phi) is 39.8. The maximum Gasteiger partial charge on any atom is 1.00 e. The number of benzene rings is 9. The molecule has 0 fully saturated rings. The number of methoxy groups -OCH3 is 2. The Morgan fingerprint density at radius 2 is 0.737 bits per heavy atom. The van der Waals surface area contributed by atoms with Crippen molar-refractivity contribution in [2.75, 3.05) is 50.2 Å². The molecule has 9 aromatic rings. The van der Waals surface area contributed by atoms with Gasteiger partial charge in [-0.2, -0.15) is 36.4 Å². The summed E-state index contributed by atoms with van der Waals surface area (Å²) >= 11 is 0. The van der Waals surface area contributed by atoms with Gasteiger partial charge in [0.25, 0.3) is 16.6 Å². The average Bonchev–Trinajstić information content (AvgIpc) is 0.755. The van der Waals surface area contributed by atoms with E-state index in [9.17, 15) is 4.79 Å². The van der Waals surface area contributed by atoms with Crippen molar-refractivity contribution < 1.29 is 59.0 Å². The summed E-state index contributed by atoms with van der Waals surface area (Å²) in [6, 6.07) is 85.8. The van der Waals surface area contributed by atoms with Crippen LogP contribution in [0.25, 0.3) is 12.2 Å². The van der Waals surface area contributed by atoms with Crippen LogP contribution < -0.4 is 75.9 Å². The summed E-state index contributed by atoms with van der Waals surface area (Å²) < 4.78 is 25.2. The topological polar surface area (TPSA) is 60.5 Å². The molecule has 0 saturated carbocycles. The van der Waals surface area contributed by atoms with Crippen LogP contribution in [0.5, 0.6) is 11.5 Å². The minimum absolute atomic E-state index is 0. The van der Waals surface area contributed by atoms with E-state index in [1.807, 2.05) is 48.5 Å². The molecule has 524 valence electrons. The Bertz CT molecular complexity index is 3490. The molecule has 0 bridgehead atoms. The van der Waals surface area contributed by atoms with Crippen LogP contribution in [0.1, 0.15) is 173 Å². The third-order valence-electron chi connectivity index (χ3n) is 17.6. The van der Waals surface area contributed by atoms with Crippen molar-refractivity contribution >= 4 is 67.2 Å². The number of carbonyl (C=O) groups is 1. The van der Waals surface area contributed by atoms with Gasteiger partial charge in [0, 0.05) is 55.2 Å². The first-order valence-electron chi connectivity index (χ1n) is 35.1. The molecular weight excluding hydrogens is 1310 g/mol. The molecular formula is C88H115BrLiN2O5Si2-. The molecule has 0 aliphatic rings. The fourth-order valence-electron chi connectivity index (χ4n) is 12.2. The number of rotatable bonds is 30.